The molecule has 1 atom stereocenters. The Balaban J connectivity index is 2.53. The highest BCUT2D eigenvalue weighted by Gasteiger charge is 2.08. The fourth-order valence-corrected chi connectivity index (χ4v) is 1.02. The lowest BCUT2D eigenvalue weighted by molar-refractivity contribution is 0.577. The molecule has 0 aromatic carbocycles. The number of H-pyrrole nitrogens is 2. The minimum absolute atomic E-state index is 0.149. The number of hydrogen-bond acceptors (Lipinski definition) is 3. The lowest BCUT2D eigenvalue weighted by Crippen LogP contribution is -2.13. The van der Waals surface area contributed by atoms with Crippen LogP contribution in [-0.4, -0.2) is 15.2 Å². The lowest BCUT2D eigenvalue weighted by Gasteiger charge is -2.05. The standard InChI is InChI=1S/C7H14N4O/c1-2-3-4-5(8)6-9-7(12)11-10-6/h5H,2-4,8H2,1H3,(H2,9,10,11,12). The largest absolute Gasteiger partial charge is 0.340 e. The van der Waals surface area contributed by atoms with Gasteiger partial charge in [-0.3, -0.25) is 4.98 Å². The number of nitrogens with one attached hydrogen (secondary N) is 2. The van der Waals surface area contributed by atoms with Gasteiger partial charge in [0.15, 0.2) is 0 Å². The Morgan fingerprint density at radius 1 is 1.67 bits per heavy atom. The van der Waals surface area contributed by atoms with E-state index in [1.807, 2.05) is 0 Å². The molecular formula is C7H14N4O. The Kier molecular flexibility index (Phi) is 3.04. The van der Waals surface area contributed by atoms with Crippen LogP contribution < -0.4 is 11.4 Å². The molecule has 0 fully saturated rings. The monoisotopic (exact) mass is 170 g/mol. The predicted molar refractivity (Wildman–Crippen MR) is 45.7 cm³/mol. The molecule has 0 spiro atoms. The van der Waals surface area contributed by atoms with Gasteiger partial charge >= 0.3 is 5.69 Å². The number of unbranched alkanes of at least 4 members (excludes halogenated alkanes) is 1. The zero-order valence-corrected chi connectivity index (χ0v) is 7.13. The van der Waals surface area contributed by atoms with Crippen LogP contribution in [0.15, 0.2) is 4.79 Å². The van der Waals surface area contributed by atoms with Crippen LogP contribution in [0.4, 0.5) is 0 Å². The van der Waals surface area contributed by atoms with E-state index in [0.717, 1.165) is 19.3 Å². The summed E-state index contributed by atoms with van der Waals surface area (Å²) in [4.78, 5) is 13.2. The second-order valence-corrected chi connectivity index (χ2v) is 2.81. The lowest BCUT2D eigenvalue weighted by atomic mass is 10.1. The highest BCUT2D eigenvalue weighted by Crippen LogP contribution is 2.09. The van der Waals surface area contributed by atoms with Crippen molar-refractivity contribution in [1.29, 1.82) is 0 Å². The van der Waals surface area contributed by atoms with Crippen LogP contribution in [0.25, 0.3) is 0 Å². The Labute approximate surface area is 70.4 Å². The summed E-state index contributed by atoms with van der Waals surface area (Å²) in [6.45, 7) is 2.10. The van der Waals surface area contributed by atoms with Gasteiger partial charge in [0.2, 0.25) is 0 Å². The number of nitrogens with zero attached hydrogens (tertiary/aromatic N) is 1. The highest BCUT2D eigenvalue weighted by atomic mass is 16.1. The van der Waals surface area contributed by atoms with E-state index in [9.17, 15) is 4.79 Å². The average molecular weight is 170 g/mol. The van der Waals surface area contributed by atoms with Crippen molar-refractivity contribution >= 4 is 0 Å². The molecule has 0 amide bonds. The summed E-state index contributed by atoms with van der Waals surface area (Å²) < 4.78 is 0. The number of aromatic nitrogens is 3. The molecule has 12 heavy (non-hydrogen) atoms. The van der Waals surface area contributed by atoms with Crippen LogP contribution in [0.3, 0.4) is 0 Å². The molecule has 0 saturated carbocycles. The Hall–Kier alpha value is -1.10. The summed E-state index contributed by atoms with van der Waals surface area (Å²) in [5.74, 6) is 0.549. The first-order chi connectivity index (χ1) is 5.74. The summed E-state index contributed by atoms with van der Waals surface area (Å²) in [5, 5.41) is 6.04. The van der Waals surface area contributed by atoms with Gasteiger partial charge in [-0.1, -0.05) is 19.8 Å². The second kappa shape index (κ2) is 4.06. The molecule has 68 valence electrons. The first-order valence-corrected chi connectivity index (χ1v) is 4.14. The zero-order chi connectivity index (χ0) is 8.97. The van der Waals surface area contributed by atoms with Gasteiger partial charge < -0.3 is 5.73 Å². The molecule has 5 nitrogen and oxygen atoms in total. The Bertz CT molecular complexity index is 277. The van der Waals surface area contributed by atoms with Crippen molar-refractivity contribution in [2.75, 3.05) is 0 Å². The summed E-state index contributed by atoms with van der Waals surface area (Å²) in [7, 11) is 0. The highest BCUT2D eigenvalue weighted by molar-refractivity contribution is 4.88. The van der Waals surface area contributed by atoms with E-state index >= 15 is 0 Å². The number of nitrogens with two attached hydrogens (primary N) is 1. The van der Waals surface area contributed by atoms with Crippen LogP contribution in [0, 0.1) is 0 Å². The first-order valence-electron chi connectivity index (χ1n) is 4.14. The normalized spacial score (nSPS) is 13.2. The third-order valence-electron chi connectivity index (χ3n) is 1.74. The molecule has 0 aliphatic rings. The Morgan fingerprint density at radius 2 is 2.42 bits per heavy atom. The molecule has 0 radical (unpaired) electrons. The molecule has 0 bridgehead atoms. The molecule has 0 aliphatic heterocycles. The van der Waals surface area contributed by atoms with Gasteiger partial charge in [0.1, 0.15) is 5.82 Å². The van der Waals surface area contributed by atoms with Gasteiger partial charge in [-0.2, -0.15) is 5.10 Å². The average Bonchev–Trinajstić information content (AvgIpc) is 2.47. The maximum absolute atomic E-state index is 10.6. The number of aromatic amines is 2. The van der Waals surface area contributed by atoms with Gasteiger partial charge in [-0.05, 0) is 6.42 Å². The molecule has 1 rings (SSSR count). The minimum Gasteiger partial charge on any atom is -0.321 e. The quantitative estimate of drug-likeness (QED) is 0.606. The van der Waals surface area contributed by atoms with Crippen LogP contribution in [-0.2, 0) is 0 Å². The van der Waals surface area contributed by atoms with Crippen molar-refractivity contribution in [3.63, 3.8) is 0 Å². The van der Waals surface area contributed by atoms with Gasteiger partial charge in [0.25, 0.3) is 0 Å². The summed E-state index contributed by atoms with van der Waals surface area (Å²) in [6, 6.07) is -0.149. The molecule has 1 aromatic heterocycles. The molecule has 1 unspecified atom stereocenters. The van der Waals surface area contributed by atoms with Crippen molar-refractivity contribution in [3.8, 4) is 0 Å². The summed E-state index contributed by atoms with van der Waals surface area (Å²) in [5.41, 5.74) is 5.45. The van der Waals surface area contributed by atoms with Crippen molar-refractivity contribution in [1.82, 2.24) is 15.2 Å². The fraction of sp³-hybridized carbons (Fsp3) is 0.714. The number of hydrogen-bond donors (Lipinski definition) is 3. The molecule has 0 saturated heterocycles. The molecule has 5 heteroatoms. The third kappa shape index (κ3) is 2.20. The van der Waals surface area contributed by atoms with Crippen molar-refractivity contribution < 1.29 is 0 Å². The van der Waals surface area contributed by atoms with E-state index in [1.54, 1.807) is 0 Å². The van der Waals surface area contributed by atoms with Crippen molar-refractivity contribution in [2.24, 2.45) is 5.73 Å². The van der Waals surface area contributed by atoms with E-state index < -0.39 is 0 Å². The molecule has 4 N–H and O–H groups in total. The van der Waals surface area contributed by atoms with Crippen LogP contribution in [0.1, 0.15) is 38.1 Å². The van der Waals surface area contributed by atoms with Gasteiger partial charge in [-0.25, -0.2) is 9.89 Å². The van der Waals surface area contributed by atoms with E-state index in [1.165, 1.54) is 0 Å². The van der Waals surface area contributed by atoms with Crippen LogP contribution in [0.5, 0.6) is 0 Å². The van der Waals surface area contributed by atoms with Crippen LogP contribution in [0.2, 0.25) is 0 Å². The van der Waals surface area contributed by atoms with E-state index in [4.69, 9.17) is 5.73 Å². The van der Waals surface area contributed by atoms with Crippen molar-refractivity contribution in [3.05, 3.63) is 16.3 Å². The maximum Gasteiger partial charge on any atom is 0.340 e. The summed E-state index contributed by atoms with van der Waals surface area (Å²) >= 11 is 0. The minimum atomic E-state index is -0.294. The predicted octanol–water partition coefficient (Wildman–Crippen LogP) is 0.288. The van der Waals surface area contributed by atoms with Crippen LogP contribution >= 0.6 is 0 Å². The topological polar surface area (TPSA) is 87.6 Å². The number of rotatable bonds is 4. The summed E-state index contributed by atoms with van der Waals surface area (Å²) in [6.07, 6.45) is 3.01. The zero-order valence-electron chi connectivity index (χ0n) is 7.13. The van der Waals surface area contributed by atoms with Gasteiger partial charge in [0, 0.05) is 0 Å². The van der Waals surface area contributed by atoms with Crippen molar-refractivity contribution in [2.45, 2.75) is 32.2 Å². The smallest absolute Gasteiger partial charge is 0.321 e. The second-order valence-electron chi connectivity index (χ2n) is 2.81. The SMILES string of the molecule is CCCCC(N)c1n[nH]c(=O)[nH]1. The molecule has 1 heterocycles. The van der Waals surface area contributed by atoms with E-state index in [0.29, 0.717) is 5.82 Å². The molecule has 0 aliphatic carbocycles. The van der Waals surface area contributed by atoms with Gasteiger partial charge in [0.05, 0.1) is 6.04 Å². The molecular weight excluding hydrogens is 156 g/mol. The third-order valence-corrected chi connectivity index (χ3v) is 1.74. The first kappa shape index (κ1) is 8.99. The van der Waals surface area contributed by atoms with E-state index in [-0.39, 0.29) is 11.7 Å². The Morgan fingerprint density at radius 3 is 2.92 bits per heavy atom. The maximum atomic E-state index is 10.6. The fourth-order valence-electron chi connectivity index (χ4n) is 1.02. The molecule has 1 aromatic rings. The van der Waals surface area contributed by atoms with E-state index in [2.05, 4.69) is 22.1 Å². The van der Waals surface area contributed by atoms with Gasteiger partial charge in [-0.15, -0.1) is 0 Å².